The van der Waals surface area contributed by atoms with Crippen molar-refractivity contribution in [1.82, 2.24) is 4.90 Å². The maximum Gasteiger partial charge on any atom is 0.429 e. The smallest absolute Gasteiger partial charge is 0.429 e. The number of ether oxygens (including phenoxy) is 3. The number of hydrogen-bond acceptors (Lipinski definition) is 6. The Morgan fingerprint density at radius 2 is 0.909 bits per heavy atom. The maximum absolute atomic E-state index is 11.9. The van der Waals surface area contributed by atoms with E-state index in [4.69, 9.17) is 14.2 Å². The predicted octanol–water partition coefficient (Wildman–Crippen LogP) is 4.10. The average molecular weight is 317 g/mol. The second kappa shape index (κ2) is 12.9. The molecule has 7 heteroatoms. The van der Waals surface area contributed by atoms with Crippen LogP contribution >= 0.6 is 0 Å². The molecule has 0 atom stereocenters. The Bertz CT molecular complexity index is 293. The fourth-order valence-corrected chi connectivity index (χ4v) is 1.33. The van der Waals surface area contributed by atoms with Gasteiger partial charge in [-0.05, 0) is 19.3 Å². The number of unbranched alkanes of at least 4 members (excludes halogenated alkanes) is 3. The van der Waals surface area contributed by atoms with Crippen LogP contribution in [0.25, 0.3) is 0 Å². The molecule has 0 bridgehead atoms. The summed E-state index contributed by atoms with van der Waals surface area (Å²) in [5.41, 5.74) is 0. The third-order valence-corrected chi connectivity index (χ3v) is 2.72. The quantitative estimate of drug-likeness (QED) is 0.470. The average Bonchev–Trinajstić information content (AvgIpc) is 2.48. The van der Waals surface area contributed by atoms with Gasteiger partial charge in [-0.3, -0.25) is 0 Å². The molecule has 0 aliphatic heterocycles. The van der Waals surface area contributed by atoms with Gasteiger partial charge >= 0.3 is 18.3 Å². The highest BCUT2D eigenvalue weighted by molar-refractivity contribution is 6.03. The van der Waals surface area contributed by atoms with Crippen molar-refractivity contribution in [1.29, 1.82) is 0 Å². The summed E-state index contributed by atoms with van der Waals surface area (Å²) in [6, 6.07) is 0. The molecule has 0 radical (unpaired) electrons. The van der Waals surface area contributed by atoms with Gasteiger partial charge in [-0.1, -0.05) is 40.0 Å². The minimum atomic E-state index is -1.06. The fourth-order valence-electron chi connectivity index (χ4n) is 1.33. The van der Waals surface area contributed by atoms with Crippen LogP contribution in [-0.4, -0.2) is 43.0 Å². The molecule has 0 saturated carbocycles. The van der Waals surface area contributed by atoms with Crippen LogP contribution < -0.4 is 0 Å². The van der Waals surface area contributed by atoms with E-state index in [0.717, 1.165) is 19.3 Å². The van der Waals surface area contributed by atoms with Crippen LogP contribution in [0.15, 0.2) is 0 Å². The van der Waals surface area contributed by atoms with Gasteiger partial charge in [0, 0.05) is 0 Å². The molecule has 7 nitrogen and oxygen atoms in total. The van der Waals surface area contributed by atoms with E-state index in [1.165, 1.54) is 0 Å². The molecule has 0 aliphatic carbocycles. The maximum atomic E-state index is 11.9. The van der Waals surface area contributed by atoms with Crippen molar-refractivity contribution in [2.75, 3.05) is 19.8 Å². The molecule has 0 aromatic rings. The summed E-state index contributed by atoms with van der Waals surface area (Å²) in [6.45, 7) is 6.21. The molecule has 0 saturated heterocycles. The van der Waals surface area contributed by atoms with Crippen LogP contribution in [0.3, 0.4) is 0 Å². The molecule has 3 amide bonds. The van der Waals surface area contributed by atoms with Crippen molar-refractivity contribution in [3.8, 4) is 0 Å². The SMILES string of the molecule is CCCCOC(=O)N(C(=O)OCCCC)C(=O)OCCCC. The van der Waals surface area contributed by atoms with Crippen LogP contribution in [0.2, 0.25) is 0 Å². The van der Waals surface area contributed by atoms with E-state index < -0.39 is 18.3 Å². The van der Waals surface area contributed by atoms with Gasteiger partial charge in [0.05, 0.1) is 19.8 Å². The first-order valence-corrected chi connectivity index (χ1v) is 7.88. The van der Waals surface area contributed by atoms with Crippen molar-refractivity contribution in [3.63, 3.8) is 0 Å². The van der Waals surface area contributed by atoms with Crippen molar-refractivity contribution in [3.05, 3.63) is 0 Å². The monoisotopic (exact) mass is 317 g/mol. The largest absolute Gasteiger partial charge is 0.449 e. The molecule has 0 spiro atoms. The second-order valence-corrected chi connectivity index (χ2v) is 4.74. The molecular weight excluding hydrogens is 290 g/mol. The molecule has 0 rings (SSSR count). The predicted molar refractivity (Wildman–Crippen MR) is 80.6 cm³/mol. The number of carbonyl (C=O) groups is 3. The lowest BCUT2D eigenvalue weighted by Gasteiger charge is -2.18. The molecule has 0 fully saturated rings. The van der Waals surface area contributed by atoms with Crippen LogP contribution in [-0.2, 0) is 14.2 Å². The first-order chi connectivity index (χ1) is 10.6. The van der Waals surface area contributed by atoms with Gasteiger partial charge in [0.15, 0.2) is 0 Å². The Kier molecular flexibility index (Phi) is 11.9. The van der Waals surface area contributed by atoms with Crippen molar-refractivity contribution in [2.45, 2.75) is 59.3 Å². The Hall–Kier alpha value is -1.79. The molecule has 22 heavy (non-hydrogen) atoms. The number of rotatable bonds is 9. The number of nitrogens with zero attached hydrogens (tertiary/aromatic N) is 1. The van der Waals surface area contributed by atoms with Gasteiger partial charge in [-0.25, -0.2) is 14.4 Å². The molecule has 0 heterocycles. The van der Waals surface area contributed by atoms with E-state index >= 15 is 0 Å². The first kappa shape index (κ1) is 20.2. The van der Waals surface area contributed by atoms with Gasteiger partial charge in [0.2, 0.25) is 0 Å². The van der Waals surface area contributed by atoms with Crippen molar-refractivity contribution in [2.24, 2.45) is 0 Å². The second-order valence-electron chi connectivity index (χ2n) is 4.74. The minimum Gasteiger partial charge on any atom is -0.449 e. The number of imide groups is 3. The summed E-state index contributed by atoms with van der Waals surface area (Å²) in [4.78, 5) is 35.9. The molecule has 0 aromatic heterocycles. The Morgan fingerprint density at radius 3 is 1.14 bits per heavy atom. The zero-order valence-corrected chi connectivity index (χ0v) is 13.8. The first-order valence-electron chi connectivity index (χ1n) is 7.88. The zero-order chi connectivity index (χ0) is 16.8. The molecule has 0 aromatic carbocycles. The van der Waals surface area contributed by atoms with E-state index in [0.29, 0.717) is 19.3 Å². The van der Waals surface area contributed by atoms with E-state index in [9.17, 15) is 14.4 Å². The van der Waals surface area contributed by atoms with E-state index in [2.05, 4.69) is 0 Å². The zero-order valence-electron chi connectivity index (χ0n) is 13.8. The lowest BCUT2D eigenvalue weighted by molar-refractivity contribution is 0.0605. The summed E-state index contributed by atoms with van der Waals surface area (Å²) in [6.07, 6.45) is 1.25. The topological polar surface area (TPSA) is 82.1 Å². The molecule has 0 N–H and O–H groups in total. The Labute approximate surface area is 131 Å². The summed E-state index contributed by atoms with van der Waals surface area (Å²) < 4.78 is 14.7. The lowest BCUT2D eigenvalue weighted by Crippen LogP contribution is -2.43. The van der Waals surface area contributed by atoms with Gasteiger partial charge in [-0.15, -0.1) is 4.90 Å². The van der Waals surface area contributed by atoms with Crippen LogP contribution in [0.5, 0.6) is 0 Å². The van der Waals surface area contributed by atoms with Gasteiger partial charge in [0.1, 0.15) is 0 Å². The number of carbonyl (C=O) groups excluding carboxylic acids is 3. The highest BCUT2D eigenvalue weighted by Crippen LogP contribution is 2.05. The summed E-state index contributed by atoms with van der Waals surface area (Å²) in [7, 11) is 0. The van der Waals surface area contributed by atoms with Gasteiger partial charge in [-0.2, -0.15) is 0 Å². The number of hydrogen-bond donors (Lipinski definition) is 0. The fraction of sp³-hybridized carbons (Fsp3) is 0.800. The summed E-state index contributed by atoms with van der Waals surface area (Å²) in [5, 5.41) is 0. The van der Waals surface area contributed by atoms with Crippen LogP contribution in [0.4, 0.5) is 14.4 Å². The molecular formula is C15H27NO6. The molecule has 128 valence electrons. The molecule has 0 unspecified atom stereocenters. The van der Waals surface area contributed by atoms with E-state index in [1.54, 1.807) is 0 Å². The highest BCUT2D eigenvalue weighted by Gasteiger charge is 2.33. The Morgan fingerprint density at radius 1 is 0.636 bits per heavy atom. The summed E-state index contributed by atoms with van der Waals surface area (Å²) >= 11 is 0. The van der Waals surface area contributed by atoms with Crippen molar-refractivity contribution < 1.29 is 28.6 Å². The van der Waals surface area contributed by atoms with Crippen molar-refractivity contribution >= 4 is 18.3 Å². The summed E-state index contributed by atoms with van der Waals surface area (Å²) in [5.74, 6) is 0. The minimum absolute atomic E-state index is 0.135. The lowest BCUT2D eigenvalue weighted by atomic mass is 10.4. The van der Waals surface area contributed by atoms with Gasteiger partial charge in [0.25, 0.3) is 0 Å². The Balaban J connectivity index is 4.62. The molecule has 0 aliphatic rings. The third kappa shape index (κ3) is 8.49. The van der Waals surface area contributed by atoms with Gasteiger partial charge < -0.3 is 14.2 Å². The van der Waals surface area contributed by atoms with Crippen LogP contribution in [0.1, 0.15) is 59.3 Å². The van der Waals surface area contributed by atoms with E-state index in [-0.39, 0.29) is 24.7 Å². The standard InChI is InChI=1S/C15H27NO6/c1-4-7-10-20-13(17)16(14(18)21-11-8-5-2)15(19)22-12-9-6-3/h4-12H2,1-3H3. The van der Waals surface area contributed by atoms with E-state index in [1.807, 2.05) is 20.8 Å². The number of amides is 3. The normalized spacial score (nSPS) is 9.95. The highest BCUT2D eigenvalue weighted by atomic mass is 16.6. The van der Waals surface area contributed by atoms with Crippen LogP contribution in [0, 0.1) is 0 Å². The third-order valence-electron chi connectivity index (χ3n) is 2.72.